The zero-order chi connectivity index (χ0) is 22.6. The van der Waals surface area contributed by atoms with Gasteiger partial charge in [-0.3, -0.25) is 14.5 Å². The second-order valence-electron chi connectivity index (χ2n) is 8.35. The van der Waals surface area contributed by atoms with Crippen LogP contribution in [0, 0.1) is 0 Å². The van der Waals surface area contributed by atoms with Gasteiger partial charge in [0.05, 0.1) is 19.8 Å². The number of nitrogens with one attached hydrogen (secondary N) is 1. The molecule has 0 saturated carbocycles. The number of methoxy groups -OCH3 is 1. The van der Waals surface area contributed by atoms with Gasteiger partial charge in [-0.2, -0.15) is 0 Å². The quantitative estimate of drug-likeness (QED) is 0.435. The molecule has 1 amide bonds. The molecule has 1 aliphatic carbocycles. The van der Waals surface area contributed by atoms with E-state index in [0.29, 0.717) is 19.3 Å². The van der Waals surface area contributed by atoms with Gasteiger partial charge < -0.3 is 9.84 Å². The Labute approximate surface area is 192 Å². The van der Waals surface area contributed by atoms with Crippen molar-refractivity contribution in [2.24, 2.45) is 0 Å². The van der Waals surface area contributed by atoms with E-state index in [-0.39, 0.29) is 12.5 Å². The zero-order valence-electron chi connectivity index (χ0n) is 18.5. The molecular formula is C24H31BrN2O4. The van der Waals surface area contributed by atoms with E-state index in [0.717, 1.165) is 15.6 Å². The third-order valence-corrected chi connectivity index (χ3v) is 7.06. The Morgan fingerprint density at radius 1 is 1.23 bits per heavy atom. The van der Waals surface area contributed by atoms with Crippen LogP contribution in [-0.4, -0.2) is 48.0 Å². The van der Waals surface area contributed by atoms with Gasteiger partial charge in [0, 0.05) is 18.0 Å². The molecule has 6 nitrogen and oxygen atoms in total. The largest absolute Gasteiger partial charge is 0.394 e. The van der Waals surface area contributed by atoms with E-state index < -0.39 is 17.3 Å². The minimum absolute atomic E-state index is 0.163. The fourth-order valence-electron chi connectivity index (χ4n) is 4.78. The number of benzene rings is 2. The number of rotatable bonds is 8. The van der Waals surface area contributed by atoms with Gasteiger partial charge in [0.25, 0.3) is 5.91 Å². The van der Waals surface area contributed by atoms with Crippen LogP contribution in [0.5, 0.6) is 0 Å². The van der Waals surface area contributed by atoms with Gasteiger partial charge >= 0.3 is 0 Å². The molecule has 3 rings (SSSR count). The topological polar surface area (TPSA) is 71.0 Å². The van der Waals surface area contributed by atoms with E-state index in [1.807, 2.05) is 61.2 Å². The molecule has 2 aromatic carbocycles. The Hall–Kier alpha value is -1.77. The first-order chi connectivity index (χ1) is 14.8. The molecule has 0 aromatic heterocycles. The summed E-state index contributed by atoms with van der Waals surface area (Å²) in [6.45, 7) is 3.69. The molecule has 2 N–H and O–H groups in total. The number of carbonyl (C=O) groups is 1. The average Bonchev–Trinajstić information content (AvgIpc) is 2.77. The molecule has 0 aliphatic heterocycles. The number of fused-ring (bicyclic) bond motifs is 1. The Morgan fingerprint density at radius 3 is 2.55 bits per heavy atom. The van der Waals surface area contributed by atoms with Crippen LogP contribution in [0.3, 0.4) is 0 Å². The molecule has 0 fully saturated rings. The number of ether oxygens (including phenoxy) is 1. The number of halogens is 1. The molecule has 2 aromatic rings. The molecule has 2 atom stereocenters. The lowest BCUT2D eigenvalue weighted by atomic mass is 9.74. The van der Waals surface area contributed by atoms with Crippen LogP contribution >= 0.6 is 15.9 Å². The molecular weight excluding hydrogens is 460 g/mol. The summed E-state index contributed by atoms with van der Waals surface area (Å²) in [5, 5.41) is 10.5. The van der Waals surface area contributed by atoms with Crippen molar-refractivity contribution >= 4 is 21.8 Å². The molecule has 0 bridgehead atoms. The molecule has 0 saturated heterocycles. The van der Waals surface area contributed by atoms with Gasteiger partial charge in [-0.1, -0.05) is 58.4 Å². The molecule has 0 radical (unpaired) electrons. The lowest BCUT2D eigenvalue weighted by Gasteiger charge is -2.54. The first-order valence-electron chi connectivity index (χ1n) is 10.4. The molecule has 0 spiro atoms. The standard InChI is InChI=1S/C24H31BrN2O4/c1-23(2,30-3)27(21(16-28)17-9-6-5-7-10-17)24(22(29)26-31-4)14-13-19-18(15-24)11-8-12-20(19)25/h5-12,21,28H,13-16H2,1-4H3,(H,26,29)/t21-,24+/m1/s1. The maximum absolute atomic E-state index is 13.6. The highest BCUT2D eigenvalue weighted by Gasteiger charge is 2.54. The molecule has 31 heavy (non-hydrogen) atoms. The van der Waals surface area contributed by atoms with E-state index in [1.54, 1.807) is 7.11 Å². The van der Waals surface area contributed by atoms with Crippen molar-refractivity contribution in [1.29, 1.82) is 0 Å². The molecule has 0 heterocycles. The number of carbonyl (C=O) groups excluding carboxylic acids is 1. The Morgan fingerprint density at radius 2 is 1.94 bits per heavy atom. The van der Waals surface area contributed by atoms with Crippen molar-refractivity contribution in [3.8, 4) is 0 Å². The summed E-state index contributed by atoms with van der Waals surface area (Å²) in [6.07, 6.45) is 1.72. The predicted octanol–water partition coefficient (Wildman–Crippen LogP) is 3.77. The fraction of sp³-hybridized carbons (Fsp3) is 0.458. The molecule has 1 aliphatic rings. The van der Waals surface area contributed by atoms with E-state index in [4.69, 9.17) is 9.57 Å². The number of hydrogen-bond donors (Lipinski definition) is 2. The summed E-state index contributed by atoms with van der Waals surface area (Å²) in [4.78, 5) is 20.7. The number of aliphatic hydroxyl groups excluding tert-OH is 1. The van der Waals surface area contributed by atoms with Crippen LogP contribution in [-0.2, 0) is 27.2 Å². The number of hydroxylamine groups is 1. The van der Waals surface area contributed by atoms with Crippen molar-refractivity contribution in [1.82, 2.24) is 10.4 Å². The summed E-state index contributed by atoms with van der Waals surface area (Å²) in [5.41, 5.74) is 3.95. The van der Waals surface area contributed by atoms with E-state index in [1.165, 1.54) is 12.7 Å². The van der Waals surface area contributed by atoms with Crippen LogP contribution in [0.15, 0.2) is 53.0 Å². The zero-order valence-corrected chi connectivity index (χ0v) is 20.1. The van der Waals surface area contributed by atoms with Gasteiger partial charge in [0.2, 0.25) is 0 Å². The summed E-state index contributed by atoms with van der Waals surface area (Å²) in [5.74, 6) is -0.250. The van der Waals surface area contributed by atoms with Crippen LogP contribution in [0.1, 0.15) is 43.0 Å². The van der Waals surface area contributed by atoms with E-state index in [9.17, 15) is 9.90 Å². The minimum Gasteiger partial charge on any atom is -0.394 e. The van der Waals surface area contributed by atoms with Crippen molar-refractivity contribution < 1.29 is 19.5 Å². The van der Waals surface area contributed by atoms with E-state index in [2.05, 4.69) is 27.5 Å². The highest BCUT2D eigenvalue weighted by Crippen LogP contribution is 2.44. The average molecular weight is 491 g/mol. The van der Waals surface area contributed by atoms with E-state index >= 15 is 0 Å². The smallest absolute Gasteiger partial charge is 0.264 e. The van der Waals surface area contributed by atoms with Gasteiger partial charge in [-0.05, 0) is 49.4 Å². The summed E-state index contributed by atoms with van der Waals surface area (Å²) >= 11 is 3.65. The Bertz CT molecular complexity index is 906. The Balaban J connectivity index is 2.21. The first kappa shape index (κ1) is 23.9. The summed E-state index contributed by atoms with van der Waals surface area (Å²) in [6, 6.07) is 15.4. The molecule has 168 valence electrons. The maximum atomic E-state index is 13.6. The number of aliphatic hydroxyl groups is 1. The number of nitrogens with zero attached hydrogens (tertiary/aromatic N) is 1. The number of hydrogen-bond acceptors (Lipinski definition) is 5. The first-order valence-corrected chi connectivity index (χ1v) is 11.2. The highest BCUT2D eigenvalue weighted by molar-refractivity contribution is 9.10. The van der Waals surface area contributed by atoms with Gasteiger partial charge in [0.15, 0.2) is 0 Å². The highest BCUT2D eigenvalue weighted by atomic mass is 79.9. The van der Waals surface area contributed by atoms with Crippen molar-refractivity contribution in [3.05, 3.63) is 69.7 Å². The second kappa shape index (κ2) is 9.79. The van der Waals surface area contributed by atoms with Crippen molar-refractivity contribution in [3.63, 3.8) is 0 Å². The number of amides is 1. The third kappa shape index (κ3) is 4.56. The van der Waals surface area contributed by atoms with Gasteiger partial charge in [-0.25, -0.2) is 5.48 Å². The minimum atomic E-state index is -0.994. The summed E-state index contributed by atoms with van der Waals surface area (Å²) < 4.78 is 6.95. The van der Waals surface area contributed by atoms with Gasteiger partial charge in [0.1, 0.15) is 11.3 Å². The van der Waals surface area contributed by atoms with Crippen molar-refractivity contribution in [2.45, 2.75) is 50.4 Å². The molecule has 0 unspecified atom stereocenters. The lowest BCUT2D eigenvalue weighted by Crippen LogP contribution is -2.68. The lowest BCUT2D eigenvalue weighted by molar-refractivity contribution is -0.198. The second-order valence-corrected chi connectivity index (χ2v) is 9.21. The monoisotopic (exact) mass is 490 g/mol. The van der Waals surface area contributed by atoms with Gasteiger partial charge in [-0.15, -0.1) is 0 Å². The Kier molecular flexibility index (Phi) is 7.55. The van der Waals surface area contributed by atoms with Crippen molar-refractivity contribution in [2.75, 3.05) is 20.8 Å². The normalized spacial score (nSPS) is 19.7. The maximum Gasteiger partial charge on any atom is 0.264 e. The molecule has 7 heteroatoms. The summed E-state index contributed by atoms with van der Waals surface area (Å²) in [7, 11) is 3.06. The SMILES string of the molecule is CONC(=O)[C@]1(N([C@H](CO)c2ccccc2)C(C)(C)OC)CCc2c(Br)cccc2C1. The van der Waals surface area contributed by atoms with Crippen LogP contribution in [0.2, 0.25) is 0 Å². The van der Waals surface area contributed by atoms with Crippen LogP contribution < -0.4 is 5.48 Å². The predicted molar refractivity (Wildman–Crippen MR) is 123 cm³/mol. The van der Waals surface area contributed by atoms with Crippen LogP contribution in [0.4, 0.5) is 0 Å². The fourth-order valence-corrected chi connectivity index (χ4v) is 5.38. The third-order valence-electron chi connectivity index (χ3n) is 6.31. The van der Waals surface area contributed by atoms with Crippen LogP contribution in [0.25, 0.3) is 0 Å².